The molecule has 1 aromatic rings. The highest BCUT2D eigenvalue weighted by atomic mass is 16.5. The van der Waals surface area contributed by atoms with Gasteiger partial charge in [0.1, 0.15) is 11.9 Å². The number of allylic oxidation sites excluding steroid dienone is 1. The molecule has 0 aromatic heterocycles. The predicted molar refractivity (Wildman–Crippen MR) is 169 cm³/mol. The van der Waals surface area contributed by atoms with Crippen LogP contribution >= 0.6 is 0 Å². The van der Waals surface area contributed by atoms with E-state index in [9.17, 15) is 4.79 Å². The SMILES string of the molecule is CCCCOc1ccc(C(=O)O[C@H]2CC[C@@]3(C)C(=CC[C@@H]4[C@H]5CC[C@@H]([C@H](C)CCCC(C)C)[C@@]5(C)CC[C@H]43)C2)cc1. The van der Waals surface area contributed by atoms with Crippen LogP contribution in [0.3, 0.4) is 0 Å². The fourth-order valence-electron chi connectivity index (χ4n) is 9.99. The molecule has 3 saturated carbocycles. The number of hydrogen-bond donors (Lipinski definition) is 0. The molecule has 8 atom stereocenters. The van der Waals surface area contributed by atoms with Crippen LogP contribution in [0.5, 0.6) is 5.75 Å². The standard InChI is InChI=1S/C38H58O3/c1-7-8-24-40-30-15-12-28(13-16-30)36(39)41-31-20-22-37(5)29(25-31)14-17-32-34-19-18-33(27(4)11-9-10-26(2)3)38(34,6)23-21-35(32)37/h12-16,26-27,31-35H,7-11,17-25H2,1-6H3/t27-,31+,32-,33+,34-,35-,37+,38-/m1/s1. The van der Waals surface area contributed by atoms with E-state index in [-0.39, 0.29) is 17.5 Å². The molecule has 1 aromatic carbocycles. The topological polar surface area (TPSA) is 35.5 Å². The van der Waals surface area contributed by atoms with E-state index in [0.29, 0.717) is 11.0 Å². The van der Waals surface area contributed by atoms with Gasteiger partial charge in [-0.05, 0) is 122 Å². The molecule has 3 heteroatoms. The van der Waals surface area contributed by atoms with Crippen molar-refractivity contribution in [1.29, 1.82) is 0 Å². The van der Waals surface area contributed by atoms with Crippen LogP contribution in [0.15, 0.2) is 35.9 Å². The zero-order valence-corrected chi connectivity index (χ0v) is 27.1. The second kappa shape index (κ2) is 12.8. The zero-order valence-electron chi connectivity index (χ0n) is 27.1. The summed E-state index contributed by atoms with van der Waals surface area (Å²) in [5.41, 5.74) is 3.03. The molecule has 4 aliphatic rings. The first-order valence-corrected chi connectivity index (χ1v) is 17.3. The molecule has 4 aliphatic carbocycles. The minimum absolute atomic E-state index is 0.00439. The molecule has 0 amide bonds. The van der Waals surface area contributed by atoms with Gasteiger partial charge in [-0.2, -0.15) is 0 Å². The highest BCUT2D eigenvalue weighted by Crippen LogP contribution is 2.67. The molecule has 0 heterocycles. The Kier molecular flexibility index (Phi) is 9.61. The van der Waals surface area contributed by atoms with Gasteiger partial charge in [-0.3, -0.25) is 0 Å². The van der Waals surface area contributed by atoms with Crippen LogP contribution in [0.4, 0.5) is 0 Å². The van der Waals surface area contributed by atoms with Gasteiger partial charge in [0, 0.05) is 6.42 Å². The highest BCUT2D eigenvalue weighted by molar-refractivity contribution is 5.89. The van der Waals surface area contributed by atoms with Crippen molar-refractivity contribution in [2.45, 2.75) is 131 Å². The quantitative estimate of drug-likeness (QED) is 0.153. The molecule has 0 bridgehead atoms. The Morgan fingerprint density at radius 1 is 0.951 bits per heavy atom. The Labute approximate surface area is 251 Å². The summed E-state index contributed by atoms with van der Waals surface area (Å²) in [5, 5.41) is 0. The minimum atomic E-state index is -0.194. The summed E-state index contributed by atoms with van der Waals surface area (Å²) in [7, 11) is 0. The summed E-state index contributed by atoms with van der Waals surface area (Å²) >= 11 is 0. The maximum absolute atomic E-state index is 13.0. The first-order valence-electron chi connectivity index (χ1n) is 17.3. The third kappa shape index (κ3) is 6.30. The first-order chi connectivity index (χ1) is 19.7. The maximum Gasteiger partial charge on any atom is 0.338 e. The average molecular weight is 563 g/mol. The molecule has 3 nitrogen and oxygen atoms in total. The fourth-order valence-corrected chi connectivity index (χ4v) is 9.99. The average Bonchev–Trinajstić information content (AvgIpc) is 3.31. The number of benzene rings is 1. The van der Waals surface area contributed by atoms with Gasteiger partial charge in [-0.25, -0.2) is 4.79 Å². The summed E-state index contributed by atoms with van der Waals surface area (Å²) in [6.45, 7) is 15.4. The van der Waals surface area contributed by atoms with Crippen molar-refractivity contribution >= 4 is 5.97 Å². The van der Waals surface area contributed by atoms with Crippen molar-refractivity contribution in [3.05, 3.63) is 41.5 Å². The summed E-state index contributed by atoms with van der Waals surface area (Å²) < 4.78 is 11.9. The smallest absolute Gasteiger partial charge is 0.338 e. The molecule has 0 aliphatic heterocycles. The predicted octanol–water partition coefficient (Wildman–Crippen LogP) is 10.4. The van der Waals surface area contributed by atoms with E-state index in [1.165, 1.54) is 51.4 Å². The lowest BCUT2D eigenvalue weighted by Crippen LogP contribution is -2.51. The Morgan fingerprint density at radius 2 is 1.73 bits per heavy atom. The molecule has 41 heavy (non-hydrogen) atoms. The maximum atomic E-state index is 13.0. The van der Waals surface area contributed by atoms with Gasteiger partial charge in [-0.1, -0.05) is 78.9 Å². The van der Waals surface area contributed by atoms with Crippen molar-refractivity contribution < 1.29 is 14.3 Å². The number of carbonyl (C=O) groups excluding carboxylic acids is 1. The van der Waals surface area contributed by atoms with E-state index < -0.39 is 0 Å². The van der Waals surface area contributed by atoms with Crippen LogP contribution in [-0.2, 0) is 4.74 Å². The van der Waals surface area contributed by atoms with Gasteiger partial charge in [0.05, 0.1) is 12.2 Å². The third-order valence-corrected chi connectivity index (χ3v) is 12.4. The Morgan fingerprint density at radius 3 is 2.46 bits per heavy atom. The molecule has 0 saturated heterocycles. The lowest BCUT2D eigenvalue weighted by atomic mass is 9.47. The molecule has 0 radical (unpaired) electrons. The summed E-state index contributed by atoms with van der Waals surface area (Å²) in [4.78, 5) is 13.0. The van der Waals surface area contributed by atoms with Crippen LogP contribution in [0.25, 0.3) is 0 Å². The normalized spacial score (nSPS) is 35.2. The molecule has 228 valence electrons. The number of unbranched alkanes of at least 4 members (excludes halogenated alkanes) is 1. The monoisotopic (exact) mass is 562 g/mol. The van der Waals surface area contributed by atoms with Crippen LogP contribution in [0.2, 0.25) is 0 Å². The molecular formula is C38H58O3. The van der Waals surface area contributed by atoms with Crippen molar-refractivity contribution in [1.82, 2.24) is 0 Å². The van der Waals surface area contributed by atoms with E-state index in [1.807, 2.05) is 24.3 Å². The Hall–Kier alpha value is -1.77. The number of hydrogen-bond acceptors (Lipinski definition) is 3. The van der Waals surface area contributed by atoms with E-state index >= 15 is 0 Å². The molecule has 5 rings (SSSR count). The fraction of sp³-hybridized carbons (Fsp3) is 0.763. The van der Waals surface area contributed by atoms with Gasteiger partial charge in [0.2, 0.25) is 0 Å². The van der Waals surface area contributed by atoms with Gasteiger partial charge >= 0.3 is 5.97 Å². The van der Waals surface area contributed by atoms with Crippen LogP contribution < -0.4 is 4.74 Å². The molecule has 0 N–H and O–H groups in total. The summed E-state index contributed by atoms with van der Waals surface area (Å²) in [5.74, 6) is 5.75. The summed E-state index contributed by atoms with van der Waals surface area (Å²) in [6.07, 6.45) is 18.9. The van der Waals surface area contributed by atoms with Crippen molar-refractivity contribution in [2.75, 3.05) is 6.61 Å². The van der Waals surface area contributed by atoms with Gasteiger partial charge in [-0.15, -0.1) is 0 Å². The van der Waals surface area contributed by atoms with Gasteiger partial charge in [0.25, 0.3) is 0 Å². The number of fused-ring (bicyclic) bond motifs is 5. The van der Waals surface area contributed by atoms with Crippen molar-refractivity contribution in [2.24, 2.45) is 46.3 Å². The van der Waals surface area contributed by atoms with Crippen molar-refractivity contribution in [3.63, 3.8) is 0 Å². The lowest BCUT2D eigenvalue weighted by molar-refractivity contribution is -0.0594. The molecule has 0 unspecified atom stereocenters. The second-order valence-corrected chi connectivity index (χ2v) is 15.3. The Balaban J connectivity index is 1.19. The minimum Gasteiger partial charge on any atom is -0.494 e. The Bertz CT molecular complexity index is 1060. The molecular weight excluding hydrogens is 504 g/mol. The number of ether oxygens (including phenoxy) is 2. The van der Waals surface area contributed by atoms with Crippen LogP contribution in [0.1, 0.15) is 135 Å². The zero-order chi connectivity index (χ0) is 29.2. The molecule has 3 fully saturated rings. The third-order valence-electron chi connectivity index (χ3n) is 12.4. The van der Waals surface area contributed by atoms with E-state index in [4.69, 9.17) is 9.47 Å². The first kappa shape index (κ1) is 30.7. The largest absolute Gasteiger partial charge is 0.494 e. The number of carbonyl (C=O) groups is 1. The van der Waals surface area contributed by atoms with E-state index in [1.54, 1.807) is 5.57 Å². The van der Waals surface area contributed by atoms with Gasteiger partial charge in [0.15, 0.2) is 0 Å². The van der Waals surface area contributed by atoms with Gasteiger partial charge < -0.3 is 9.47 Å². The number of rotatable bonds is 11. The van der Waals surface area contributed by atoms with E-state index in [0.717, 1.165) is 80.0 Å². The van der Waals surface area contributed by atoms with E-state index in [2.05, 4.69) is 47.6 Å². The van der Waals surface area contributed by atoms with Crippen LogP contribution in [0, 0.1) is 46.3 Å². The summed E-state index contributed by atoms with van der Waals surface area (Å²) in [6, 6.07) is 7.48. The van der Waals surface area contributed by atoms with Crippen LogP contribution in [-0.4, -0.2) is 18.7 Å². The second-order valence-electron chi connectivity index (χ2n) is 15.3. The molecule has 0 spiro atoms. The lowest BCUT2D eigenvalue weighted by Gasteiger charge is -2.58. The highest BCUT2D eigenvalue weighted by Gasteiger charge is 2.59. The van der Waals surface area contributed by atoms with Crippen molar-refractivity contribution in [3.8, 4) is 5.75 Å². The number of esters is 1.